The van der Waals surface area contributed by atoms with Crippen LogP contribution < -0.4 is 10.6 Å². The molecule has 1 amide bonds. The Morgan fingerprint density at radius 3 is 2.57 bits per heavy atom. The number of halogens is 1. The highest BCUT2D eigenvalue weighted by Crippen LogP contribution is 2.35. The summed E-state index contributed by atoms with van der Waals surface area (Å²) in [7, 11) is -3.74. The molecule has 1 aromatic rings. The fourth-order valence-electron chi connectivity index (χ4n) is 3.93. The first-order chi connectivity index (χ1) is 14.1. The molecule has 0 bridgehead atoms. The molecule has 0 aliphatic carbocycles. The molecule has 7 nitrogen and oxygen atoms in total. The molecule has 0 saturated carbocycles. The number of nitrogens with one attached hydrogen (secondary N) is 2. The Balaban J connectivity index is 1.81. The van der Waals surface area contributed by atoms with Crippen LogP contribution in [0.3, 0.4) is 0 Å². The molecule has 30 heavy (non-hydrogen) atoms. The third-order valence-electron chi connectivity index (χ3n) is 5.66. The summed E-state index contributed by atoms with van der Waals surface area (Å²) in [6.07, 6.45) is 0.901. The topological polar surface area (TPSA) is 87.7 Å². The maximum atomic E-state index is 14.5. The average Bonchev–Trinajstić information content (AvgIpc) is 3.14. The summed E-state index contributed by atoms with van der Waals surface area (Å²) >= 11 is 0. The summed E-state index contributed by atoms with van der Waals surface area (Å²) in [5.74, 6) is -0.730. The molecule has 0 radical (unpaired) electrons. The van der Waals surface area contributed by atoms with Gasteiger partial charge in [-0.25, -0.2) is 12.8 Å². The standard InChI is InChI=1S/C21H32FN3O4S/c1-21(2,3)8-9-23-20(26)17-14-18(30(27,28)25-10-12-29-13-11-25)19(24-17)15-6-4-5-7-16(15)22/h4-7,17-19,24H,8-14H2,1-3H3,(H,23,26). The fraction of sp³-hybridized carbons (Fsp3) is 0.667. The van der Waals surface area contributed by atoms with Gasteiger partial charge in [0.25, 0.3) is 0 Å². The lowest BCUT2D eigenvalue weighted by molar-refractivity contribution is -0.122. The largest absolute Gasteiger partial charge is 0.379 e. The van der Waals surface area contributed by atoms with E-state index < -0.39 is 33.2 Å². The van der Waals surface area contributed by atoms with Gasteiger partial charge in [-0.2, -0.15) is 4.31 Å². The molecule has 3 atom stereocenters. The van der Waals surface area contributed by atoms with Gasteiger partial charge in [0.05, 0.1) is 30.5 Å². The lowest BCUT2D eigenvalue weighted by atomic mass is 9.92. The second-order valence-corrected chi connectivity index (χ2v) is 11.3. The van der Waals surface area contributed by atoms with Crippen LogP contribution in [0.25, 0.3) is 0 Å². The van der Waals surface area contributed by atoms with Crippen LogP contribution in [0.1, 0.15) is 45.2 Å². The summed E-state index contributed by atoms with van der Waals surface area (Å²) in [5, 5.41) is 5.07. The van der Waals surface area contributed by atoms with Crippen LogP contribution >= 0.6 is 0 Å². The summed E-state index contributed by atoms with van der Waals surface area (Å²) in [6, 6.07) is 4.64. The Morgan fingerprint density at radius 1 is 1.27 bits per heavy atom. The van der Waals surface area contributed by atoms with Gasteiger partial charge >= 0.3 is 0 Å². The number of hydrogen-bond acceptors (Lipinski definition) is 5. The zero-order valence-corrected chi connectivity index (χ0v) is 18.7. The van der Waals surface area contributed by atoms with E-state index in [9.17, 15) is 17.6 Å². The van der Waals surface area contributed by atoms with Gasteiger partial charge in [-0.05, 0) is 24.3 Å². The minimum Gasteiger partial charge on any atom is -0.379 e. The van der Waals surface area contributed by atoms with Crippen molar-refractivity contribution in [2.24, 2.45) is 5.41 Å². The average molecular weight is 442 g/mol. The highest BCUT2D eigenvalue weighted by Gasteiger charge is 2.48. The predicted molar refractivity (Wildman–Crippen MR) is 113 cm³/mol. The van der Waals surface area contributed by atoms with Crippen molar-refractivity contribution in [1.29, 1.82) is 0 Å². The van der Waals surface area contributed by atoms with Crippen molar-refractivity contribution in [3.63, 3.8) is 0 Å². The maximum Gasteiger partial charge on any atom is 0.237 e. The summed E-state index contributed by atoms with van der Waals surface area (Å²) in [5.41, 5.74) is 0.346. The van der Waals surface area contributed by atoms with E-state index in [1.165, 1.54) is 10.4 Å². The summed E-state index contributed by atoms with van der Waals surface area (Å²) < 4.78 is 48.0. The van der Waals surface area contributed by atoms with E-state index in [0.29, 0.717) is 19.8 Å². The van der Waals surface area contributed by atoms with E-state index in [2.05, 4.69) is 31.4 Å². The van der Waals surface area contributed by atoms with Gasteiger partial charge in [0, 0.05) is 25.2 Å². The number of morpholine rings is 1. The van der Waals surface area contributed by atoms with E-state index in [0.717, 1.165) is 6.42 Å². The fourth-order valence-corrected chi connectivity index (χ4v) is 5.98. The van der Waals surface area contributed by atoms with Crippen molar-refractivity contribution in [3.8, 4) is 0 Å². The third-order valence-corrected chi connectivity index (χ3v) is 7.98. The molecule has 3 unspecified atom stereocenters. The van der Waals surface area contributed by atoms with Gasteiger partial charge in [-0.15, -0.1) is 0 Å². The predicted octanol–water partition coefficient (Wildman–Crippen LogP) is 1.81. The molecule has 0 aromatic heterocycles. The number of benzene rings is 1. The molecule has 1 aromatic carbocycles. The quantitative estimate of drug-likeness (QED) is 0.703. The first kappa shape index (κ1) is 23.1. The highest BCUT2D eigenvalue weighted by molar-refractivity contribution is 7.89. The number of amides is 1. The van der Waals surface area contributed by atoms with E-state index in [-0.39, 0.29) is 36.4 Å². The number of carbonyl (C=O) groups excluding carboxylic acids is 1. The smallest absolute Gasteiger partial charge is 0.237 e. The number of nitrogens with zero attached hydrogens (tertiary/aromatic N) is 1. The zero-order chi connectivity index (χ0) is 21.9. The number of carbonyl (C=O) groups is 1. The molecule has 3 rings (SSSR count). The Kier molecular flexibility index (Phi) is 7.16. The van der Waals surface area contributed by atoms with Crippen molar-refractivity contribution in [2.45, 2.75) is 50.9 Å². The first-order valence-electron chi connectivity index (χ1n) is 10.4. The maximum absolute atomic E-state index is 14.5. The monoisotopic (exact) mass is 441 g/mol. The van der Waals surface area contributed by atoms with Crippen molar-refractivity contribution < 1.29 is 22.3 Å². The van der Waals surface area contributed by atoms with Crippen LogP contribution in [0.15, 0.2) is 24.3 Å². The molecule has 2 heterocycles. The molecule has 0 spiro atoms. The molecule has 2 saturated heterocycles. The van der Waals surface area contributed by atoms with Crippen LogP contribution in [0.4, 0.5) is 4.39 Å². The van der Waals surface area contributed by atoms with Crippen LogP contribution in [-0.4, -0.2) is 62.8 Å². The van der Waals surface area contributed by atoms with Crippen LogP contribution in [0.2, 0.25) is 0 Å². The molecule has 2 N–H and O–H groups in total. The normalized spacial score (nSPS) is 25.9. The SMILES string of the molecule is CC(C)(C)CCNC(=O)C1CC(S(=O)(=O)N2CCOCC2)C(c2ccccc2F)N1. The van der Waals surface area contributed by atoms with Gasteiger partial charge < -0.3 is 10.1 Å². The second kappa shape index (κ2) is 9.30. The highest BCUT2D eigenvalue weighted by atomic mass is 32.2. The van der Waals surface area contributed by atoms with Gasteiger partial charge in [0.2, 0.25) is 15.9 Å². The molecule has 9 heteroatoms. The molecule has 2 aliphatic rings. The van der Waals surface area contributed by atoms with Gasteiger partial charge in [0.15, 0.2) is 0 Å². The van der Waals surface area contributed by atoms with Crippen molar-refractivity contribution >= 4 is 15.9 Å². The molecular weight excluding hydrogens is 409 g/mol. The summed E-state index contributed by atoms with van der Waals surface area (Å²) in [6.45, 7) is 7.98. The van der Waals surface area contributed by atoms with Crippen LogP contribution in [0.5, 0.6) is 0 Å². The van der Waals surface area contributed by atoms with Crippen molar-refractivity contribution in [1.82, 2.24) is 14.9 Å². The minimum atomic E-state index is -3.74. The Hall–Kier alpha value is -1.55. The Bertz CT molecular complexity index is 850. The minimum absolute atomic E-state index is 0.0777. The number of sulfonamides is 1. The lowest BCUT2D eigenvalue weighted by Gasteiger charge is -2.31. The lowest BCUT2D eigenvalue weighted by Crippen LogP contribution is -2.46. The van der Waals surface area contributed by atoms with Crippen molar-refractivity contribution in [3.05, 3.63) is 35.6 Å². The molecule has 2 fully saturated rings. The summed E-state index contributed by atoms with van der Waals surface area (Å²) in [4.78, 5) is 12.7. The molecular formula is C21H32FN3O4S. The number of hydrogen-bond donors (Lipinski definition) is 2. The van der Waals surface area contributed by atoms with Gasteiger partial charge in [-0.1, -0.05) is 39.0 Å². The molecule has 168 valence electrons. The number of ether oxygens (including phenoxy) is 1. The second-order valence-electron chi connectivity index (χ2n) is 9.15. The van der Waals surface area contributed by atoms with E-state index >= 15 is 0 Å². The van der Waals surface area contributed by atoms with Gasteiger partial charge in [-0.3, -0.25) is 10.1 Å². The van der Waals surface area contributed by atoms with Crippen LogP contribution in [0, 0.1) is 11.2 Å². The third kappa shape index (κ3) is 5.38. The number of rotatable bonds is 6. The Labute approximate surface area is 178 Å². The zero-order valence-electron chi connectivity index (χ0n) is 17.9. The Morgan fingerprint density at radius 2 is 1.93 bits per heavy atom. The van der Waals surface area contributed by atoms with Gasteiger partial charge in [0.1, 0.15) is 5.82 Å². The molecule has 2 aliphatic heterocycles. The van der Waals surface area contributed by atoms with E-state index in [4.69, 9.17) is 4.74 Å². The van der Waals surface area contributed by atoms with Crippen molar-refractivity contribution in [2.75, 3.05) is 32.8 Å². The van der Waals surface area contributed by atoms with Crippen LogP contribution in [-0.2, 0) is 19.6 Å². The van der Waals surface area contributed by atoms with E-state index in [1.54, 1.807) is 18.2 Å². The van der Waals surface area contributed by atoms with E-state index in [1.807, 2.05) is 0 Å². The first-order valence-corrected chi connectivity index (χ1v) is 11.9.